The third-order valence-corrected chi connectivity index (χ3v) is 4.01. The first-order chi connectivity index (χ1) is 10.1. The second kappa shape index (κ2) is 5.84. The molecule has 3 rings (SSSR count). The maximum atomic E-state index is 6.06. The molecule has 0 spiro atoms. The zero-order valence-electron chi connectivity index (χ0n) is 11.3. The molecule has 1 aromatic heterocycles. The van der Waals surface area contributed by atoms with Gasteiger partial charge in [-0.1, -0.05) is 77.8 Å². The van der Waals surface area contributed by atoms with Crippen LogP contribution in [0.1, 0.15) is 5.56 Å². The molecule has 0 fully saturated rings. The van der Waals surface area contributed by atoms with E-state index < -0.39 is 0 Å². The maximum absolute atomic E-state index is 6.06. The van der Waals surface area contributed by atoms with Crippen molar-refractivity contribution in [2.45, 2.75) is 6.92 Å². The number of aromatic nitrogens is 2. The molecule has 2 nitrogen and oxygen atoms in total. The molecule has 0 atom stereocenters. The second-order valence-electron chi connectivity index (χ2n) is 4.70. The van der Waals surface area contributed by atoms with Gasteiger partial charge in [-0.25, -0.2) is 9.97 Å². The Morgan fingerprint density at radius 3 is 1.71 bits per heavy atom. The number of halogens is 2. The molecule has 21 heavy (non-hydrogen) atoms. The minimum Gasteiger partial charge on any atom is -0.216 e. The minimum atomic E-state index is 0.386. The standard InChI is InChI=1S/C17H12Cl2N2/c1-11-15(18)20-17(21-16(11)19)14-9-7-13(8-10-14)12-5-3-2-4-6-12/h2-10H,1H3. The monoisotopic (exact) mass is 314 g/mol. The largest absolute Gasteiger partial charge is 0.216 e. The van der Waals surface area contributed by atoms with Crippen LogP contribution in [0.25, 0.3) is 22.5 Å². The lowest BCUT2D eigenvalue weighted by Gasteiger charge is -2.06. The van der Waals surface area contributed by atoms with Crippen molar-refractivity contribution in [2.24, 2.45) is 0 Å². The van der Waals surface area contributed by atoms with Crippen LogP contribution in [0.15, 0.2) is 54.6 Å². The summed E-state index contributed by atoms with van der Waals surface area (Å²) in [6.07, 6.45) is 0. The maximum Gasteiger partial charge on any atom is 0.162 e. The Kier molecular flexibility index (Phi) is 3.91. The average Bonchev–Trinajstić information content (AvgIpc) is 2.53. The van der Waals surface area contributed by atoms with Gasteiger partial charge in [-0.15, -0.1) is 0 Å². The summed E-state index contributed by atoms with van der Waals surface area (Å²) in [5.41, 5.74) is 3.90. The van der Waals surface area contributed by atoms with E-state index in [1.165, 1.54) is 5.56 Å². The minimum absolute atomic E-state index is 0.386. The molecule has 104 valence electrons. The number of hydrogen-bond donors (Lipinski definition) is 0. The molecule has 0 aliphatic heterocycles. The van der Waals surface area contributed by atoms with Crippen molar-refractivity contribution < 1.29 is 0 Å². The van der Waals surface area contributed by atoms with E-state index in [0.717, 1.165) is 11.1 Å². The van der Waals surface area contributed by atoms with Crippen molar-refractivity contribution in [1.82, 2.24) is 9.97 Å². The zero-order chi connectivity index (χ0) is 14.8. The number of benzene rings is 2. The summed E-state index contributed by atoms with van der Waals surface area (Å²) in [4.78, 5) is 8.55. The molecule has 3 aromatic rings. The normalized spacial score (nSPS) is 10.6. The van der Waals surface area contributed by atoms with Gasteiger partial charge in [-0.3, -0.25) is 0 Å². The Labute approximate surface area is 133 Å². The fourth-order valence-corrected chi connectivity index (χ4v) is 2.42. The van der Waals surface area contributed by atoms with Crippen LogP contribution in [0.3, 0.4) is 0 Å². The number of rotatable bonds is 2. The summed E-state index contributed by atoms with van der Waals surface area (Å²) < 4.78 is 0. The predicted molar refractivity (Wildman–Crippen MR) is 87.7 cm³/mol. The highest BCUT2D eigenvalue weighted by Crippen LogP contribution is 2.26. The third-order valence-electron chi connectivity index (χ3n) is 3.28. The lowest BCUT2D eigenvalue weighted by Crippen LogP contribution is -1.93. The van der Waals surface area contributed by atoms with Crippen LogP contribution in [0.5, 0.6) is 0 Å². The molecule has 0 aliphatic rings. The molecular weight excluding hydrogens is 303 g/mol. The first-order valence-electron chi connectivity index (χ1n) is 6.50. The highest BCUT2D eigenvalue weighted by Gasteiger charge is 2.09. The van der Waals surface area contributed by atoms with E-state index in [-0.39, 0.29) is 0 Å². The van der Waals surface area contributed by atoms with Crippen LogP contribution in [-0.2, 0) is 0 Å². The van der Waals surface area contributed by atoms with Crippen LogP contribution in [0.4, 0.5) is 0 Å². The van der Waals surface area contributed by atoms with Gasteiger partial charge in [-0.05, 0) is 18.1 Å². The Bertz CT molecular complexity index is 746. The summed E-state index contributed by atoms with van der Waals surface area (Å²) in [6.45, 7) is 1.80. The predicted octanol–water partition coefficient (Wildman–Crippen LogP) is 5.43. The van der Waals surface area contributed by atoms with Crippen LogP contribution in [0.2, 0.25) is 10.3 Å². The Morgan fingerprint density at radius 1 is 0.667 bits per heavy atom. The summed E-state index contributed by atoms with van der Waals surface area (Å²) >= 11 is 12.1. The Hall–Kier alpha value is -1.90. The SMILES string of the molecule is Cc1c(Cl)nc(-c2ccc(-c3ccccc3)cc2)nc1Cl. The smallest absolute Gasteiger partial charge is 0.162 e. The van der Waals surface area contributed by atoms with E-state index in [1.807, 2.05) is 42.5 Å². The van der Waals surface area contributed by atoms with E-state index in [4.69, 9.17) is 23.2 Å². The van der Waals surface area contributed by atoms with Crippen molar-refractivity contribution in [3.63, 3.8) is 0 Å². The zero-order valence-corrected chi connectivity index (χ0v) is 12.9. The molecule has 0 N–H and O–H groups in total. The average molecular weight is 315 g/mol. The van der Waals surface area contributed by atoms with Crippen molar-refractivity contribution in [1.29, 1.82) is 0 Å². The van der Waals surface area contributed by atoms with Crippen LogP contribution >= 0.6 is 23.2 Å². The van der Waals surface area contributed by atoms with Gasteiger partial charge in [0.1, 0.15) is 10.3 Å². The van der Waals surface area contributed by atoms with Crippen molar-refractivity contribution in [3.05, 3.63) is 70.5 Å². The molecule has 0 saturated carbocycles. The highest BCUT2D eigenvalue weighted by atomic mass is 35.5. The van der Waals surface area contributed by atoms with Gasteiger partial charge in [0.05, 0.1) is 0 Å². The van der Waals surface area contributed by atoms with Gasteiger partial charge in [-0.2, -0.15) is 0 Å². The van der Waals surface area contributed by atoms with Gasteiger partial charge in [0.25, 0.3) is 0 Å². The topological polar surface area (TPSA) is 25.8 Å². The van der Waals surface area contributed by atoms with Crippen LogP contribution in [0, 0.1) is 6.92 Å². The molecule has 0 unspecified atom stereocenters. The lowest BCUT2D eigenvalue weighted by atomic mass is 10.0. The van der Waals surface area contributed by atoms with Crippen LogP contribution < -0.4 is 0 Å². The summed E-state index contributed by atoms with van der Waals surface area (Å²) in [7, 11) is 0. The molecular formula is C17H12Cl2N2. The molecule has 0 aliphatic carbocycles. The molecule has 1 heterocycles. The Morgan fingerprint density at radius 2 is 1.14 bits per heavy atom. The Balaban J connectivity index is 1.98. The summed E-state index contributed by atoms with van der Waals surface area (Å²) in [6, 6.07) is 18.2. The molecule has 0 bridgehead atoms. The van der Waals surface area contributed by atoms with Crippen molar-refractivity contribution in [3.8, 4) is 22.5 Å². The van der Waals surface area contributed by atoms with Gasteiger partial charge in [0.2, 0.25) is 0 Å². The van der Waals surface area contributed by atoms with Crippen molar-refractivity contribution in [2.75, 3.05) is 0 Å². The molecule has 0 amide bonds. The lowest BCUT2D eigenvalue weighted by molar-refractivity contribution is 1.14. The fraction of sp³-hybridized carbons (Fsp3) is 0.0588. The second-order valence-corrected chi connectivity index (χ2v) is 5.41. The van der Waals surface area contributed by atoms with E-state index in [0.29, 0.717) is 21.7 Å². The van der Waals surface area contributed by atoms with Gasteiger partial charge < -0.3 is 0 Å². The van der Waals surface area contributed by atoms with Gasteiger partial charge in [0.15, 0.2) is 5.82 Å². The highest BCUT2D eigenvalue weighted by molar-refractivity contribution is 6.34. The molecule has 0 saturated heterocycles. The van der Waals surface area contributed by atoms with E-state index in [9.17, 15) is 0 Å². The molecule has 2 aromatic carbocycles. The van der Waals surface area contributed by atoms with Crippen LogP contribution in [-0.4, -0.2) is 9.97 Å². The summed E-state index contributed by atoms with van der Waals surface area (Å²) in [5.74, 6) is 0.537. The first-order valence-corrected chi connectivity index (χ1v) is 7.26. The molecule has 4 heteroatoms. The quantitative estimate of drug-likeness (QED) is 0.590. The summed E-state index contributed by atoms with van der Waals surface area (Å²) in [5, 5.41) is 0.772. The van der Waals surface area contributed by atoms with Gasteiger partial charge >= 0.3 is 0 Å². The third kappa shape index (κ3) is 2.92. The number of hydrogen-bond acceptors (Lipinski definition) is 2. The first kappa shape index (κ1) is 14.1. The molecule has 0 radical (unpaired) electrons. The fourth-order valence-electron chi connectivity index (χ4n) is 2.04. The van der Waals surface area contributed by atoms with Crippen molar-refractivity contribution >= 4 is 23.2 Å². The van der Waals surface area contributed by atoms with E-state index >= 15 is 0 Å². The van der Waals surface area contributed by atoms with Gasteiger partial charge in [0, 0.05) is 11.1 Å². The van der Waals surface area contributed by atoms with E-state index in [2.05, 4.69) is 22.1 Å². The van der Waals surface area contributed by atoms with E-state index in [1.54, 1.807) is 6.92 Å². The number of nitrogens with zero attached hydrogens (tertiary/aromatic N) is 2.